The summed E-state index contributed by atoms with van der Waals surface area (Å²) in [6.45, 7) is 0.358. The average Bonchev–Trinajstić information content (AvgIpc) is 3.27. The minimum atomic E-state index is -0.220. The number of anilines is 2. The maximum atomic E-state index is 13.4. The van der Waals surface area contributed by atoms with E-state index in [1.807, 2.05) is 54.6 Å². The molecule has 1 heterocycles. The van der Waals surface area contributed by atoms with Gasteiger partial charge >= 0.3 is 0 Å². The Morgan fingerprint density at radius 2 is 1.56 bits per heavy atom. The van der Waals surface area contributed by atoms with Crippen molar-refractivity contribution < 1.29 is 14.3 Å². The first-order valence-electron chi connectivity index (χ1n) is 11.9. The molecule has 5 rings (SSSR count). The van der Waals surface area contributed by atoms with E-state index in [2.05, 4.69) is 10.6 Å². The molecule has 0 spiro atoms. The molecule has 1 aliphatic rings. The van der Waals surface area contributed by atoms with Crippen molar-refractivity contribution in [3.05, 3.63) is 111 Å². The van der Waals surface area contributed by atoms with Gasteiger partial charge in [0.1, 0.15) is 17.4 Å². The Balaban J connectivity index is 1.31. The van der Waals surface area contributed by atoms with Gasteiger partial charge < -0.3 is 15.4 Å². The first kappa shape index (κ1) is 24.1. The van der Waals surface area contributed by atoms with Crippen molar-refractivity contribution in [1.29, 1.82) is 0 Å². The van der Waals surface area contributed by atoms with E-state index in [-0.39, 0.29) is 11.8 Å². The molecule has 5 nitrogen and oxygen atoms in total. The Kier molecular flexibility index (Phi) is 7.35. The normalized spacial score (nSPS) is 12.5. The van der Waals surface area contributed by atoms with Gasteiger partial charge in [0, 0.05) is 26.7 Å². The lowest BCUT2D eigenvalue weighted by atomic mass is 9.95. The number of fused-ring (bicyclic) bond motifs is 1. The summed E-state index contributed by atoms with van der Waals surface area (Å²) in [6, 6.07) is 23.8. The Hall–Kier alpha value is -3.61. The average molecular weight is 517 g/mol. The molecule has 0 radical (unpaired) electrons. The van der Waals surface area contributed by atoms with Crippen LogP contribution in [-0.4, -0.2) is 11.8 Å². The predicted molar refractivity (Wildman–Crippen MR) is 146 cm³/mol. The number of benzene rings is 3. The summed E-state index contributed by atoms with van der Waals surface area (Å²) in [7, 11) is 0. The molecule has 1 aromatic heterocycles. The van der Waals surface area contributed by atoms with Crippen molar-refractivity contribution in [3.8, 4) is 5.75 Å². The van der Waals surface area contributed by atoms with Crippen molar-refractivity contribution in [1.82, 2.24) is 0 Å². The fourth-order valence-corrected chi connectivity index (χ4v) is 5.74. The lowest BCUT2D eigenvalue weighted by Gasteiger charge is -2.14. The van der Waals surface area contributed by atoms with Crippen LogP contribution in [0.5, 0.6) is 5.75 Å². The number of thiophene rings is 1. The van der Waals surface area contributed by atoms with Gasteiger partial charge in [-0.2, -0.15) is 0 Å². The van der Waals surface area contributed by atoms with E-state index < -0.39 is 0 Å². The summed E-state index contributed by atoms with van der Waals surface area (Å²) in [4.78, 5) is 27.4. The van der Waals surface area contributed by atoms with Crippen molar-refractivity contribution in [2.24, 2.45) is 0 Å². The lowest BCUT2D eigenvalue weighted by molar-refractivity contribution is 0.102. The van der Waals surface area contributed by atoms with Crippen LogP contribution in [0.1, 0.15) is 49.6 Å². The van der Waals surface area contributed by atoms with Gasteiger partial charge in [-0.25, -0.2) is 0 Å². The first-order valence-corrected chi connectivity index (χ1v) is 13.1. The summed E-state index contributed by atoms with van der Waals surface area (Å²) in [5.41, 5.74) is 3.73. The van der Waals surface area contributed by atoms with Gasteiger partial charge in [-0.3, -0.25) is 9.59 Å². The number of hydrogen-bond donors (Lipinski definition) is 2. The van der Waals surface area contributed by atoms with Gasteiger partial charge in [0.2, 0.25) is 0 Å². The molecule has 36 heavy (non-hydrogen) atoms. The maximum Gasteiger partial charge on any atom is 0.258 e. The summed E-state index contributed by atoms with van der Waals surface area (Å²) in [5, 5.41) is 7.25. The second-order valence-electron chi connectivity index (χ2n) is 8.59. The molecule has 0 saturated heterocycles. The van der Waals surface area contributed by atoms with E-state index in [0.29, 0.717) is 39.2 Å². The summed E-state index contributed by atoms with van der Waals surface area (Å²) >= 11 is 7.71. The van der Waals surface area contributed by atoms with Crippen LogP contribution in [0.2, 0.25) is 5.02 Å². The van der Waals surface area contributed by atoms with Gasteiger partial charge in [0.05, 0.1) is 5.56 Å². The van der Waals surface area contributed by atoms with E-state index in [0.717, 1.165) is 36.8 Å². The third kappa shape index (κ3) is 5.45. The van der Waals surface area contributed by atoms with Crippen LogP contribution in [0.3, 0.4) is 0 Å². The highest BCUT2D eigenvalue weighted by atomic mass is 35.5. The minimum absolute atomic E-state index is 0.219. The molecular weight excluding hydrogens is 492 g/mol. The SMILES string of the molecule is O=C(Nc1sc2c(c1C(=O)Nc1ccc(OCc3ccccc3Cl)cc1)CCCC2)c1ccccc1. The number of amides is 2. The Bertz CT molecular complexity index is 1380. The number of rotatable bonds is 7. The molecule has 0 fully saturated rings. The van der Waals surface area contributed by atoms with E-state index in [4.69, 9.17) is 16.3 Å². The lowest BCUT2D eigenvalue weighted by Crippen LogP contribution is -2.18. The maximum absolute atomic E-state index is 13.4. The highest BCUT2D eigenvalue weighted by molar-refractivity contribution is 7.17. The number of carbonyl (C=O) groups is 2. The highest BCUT2D eigenvalue weighted by Gasteiger charge is 2.26. The van der Waals surface area contributed by atoms with Gasteiger partial charge in [-0.15, -0.1) is 11.3 Å². The molecule has 2 N–H and O–H groups in total. The van der Waals surface area contributed by atoms with E-state index in [1.54, 1.807) is 24.3 Å². The van der Waals surface area contributed by atoms with Gasteiger partial charge in [-0.1, -0.05) is 48.0 Å². The fourth-order valence-electron chi connectivity index (χ4n) is 4.26. The monoisotopic (exact) mass is 516 g/mol. The van der Waals surface area contributed by atoms with Crippen molar-refractivity contribution in [3.63, 3.8) is 0 Å². The third-order valence-corrected chi connectivity index (χ3v) is 7.70. The summed E-state index contributed by atoms with van der Waals surface area (Å²) in [5.74, 6) is 0.238. The van der Waals surface area contributed by atoms with Crippen LogP contribution in [0, 0.1) is 0 Å². The molecule has 182 valence electrons. The molecule has 0 atom stereocenters. The zero-order valence-electron chi connectivity index (χ0n) is 19.6. The number of carbonyl (C=O) groups excluding carboxylic acids is 2. The fraction of sp³-hybridized carbons (Fsp3) is 0.172. The van der Waals surface area contributed by atoms with Crippen molar-refractivity contribution >= 4 is 45.4 Å². The van der Waals surface area contributed by atoms with Crippen molar-refractivity contribution in [2.45, 2.75) is 32.3 Å². The van der Waals surface area contributed by atoms with Crippen LogP contribution in [0.25, 0.3) is 0 Å². The topological polar surface area (TPSA) is 67.4 Å². The third-order valence-electron chi connectivity index (χ3n) is 6.13. The van der Waals surface area contributed by atoms with Crippen LogP contribution < -0.4 is 15.4 Å². The van der Waals surface area contributed by atoms with Gasteiger partial charge in [0.15, 0.2) is 0 Å². The predicted octanol–water partition coefficient (Wildman–Crippen LogP) is 7.36. The van der Waals surface area contributed by atoms with Crippen LogP contribution in [0.4, 0.5) is 10.7 Å². The number of ether oxygens (including phenoxy) is 1. The number of nitrogens with one attached hydrogen (secondary N) is 2. The smallest absolute Gasteiger partial charge is 0.258 e. The van der Waals surface area contributed by atoms with Gasteiger partial charge in [-0.05, 0) is 73.7 Å². The largest absolute Gasteiger partial charge is 0.489 e. The summed E-state index contributed by atoms with van der Waals surface area (Å²) < 4.78 is 5.84. The van der Waals surface area contributed by atoms with E-state index in [9.17, 15) is 9.59 Å². The molecule has 3 aromatic carbocycles. The second-order valence-corrected chi connectivity index (χ2v) is 10.1. The Labute approximate surface area is 219 Å². The standard InChI is InChI=1S/C29H25ClN2O3S/c30-24-12-6-4-10-20(24)18-35-22-16-14-21(15-17-22)31-28(34)26-23-11-5-7-13-25(23)36-29(26)32-27(33)19-8-2-1-3-9-19/h1-4,6,8-10,12,14-17H,5,7,11,13,18H2,(H,31,34)(H,32,33). The zero-order chi connectivity index (χ0) is 24.9. The minimum Gasteiger partial charge on any atom is -0.489 e. The Morgan fingerprint density at radius 1 is 0.833 bits per heavy atom. The molecular formula is C29H25ClN2O3S. The van der Waals surface area contributed by atoms with E-state index in [1.165, 1.54) is 16.2 Å². The molecule has 0 unspecified atom stereocenters. The zero-order valence-corrected chi connectivity index (χ0v) is 21.1. The second kappa shape index (κ2) is 11.0. The molecule has 0 saturated carbocycles. The number of aryl methyl sites for hydroxylation is 1. The molecule has 2 amide bonds. The Morgan fingerprint density at radius 3 is 2.33 bits per heavy atom. The van der Waals surface area contributed by atoms with Crippen LogP contribution in [0.15, 0.2) is 78.9 Å². The van der Waals surface area contributed by atoms with Gasteiger partial charge in [0.25, 0.3) is 11.8 Å². The molecule has 1 aliphatic carbocycles. The molecule has 7 heteroatoms. The van der Waals surface area contributed by atoms with Crippen LogP contribution >= 0.6 is 22.9 Å². The molecule has 4 aromatic rings. The van der Waals surface area contributed by atoms with Crippen molar-refractivity contribution in [2.75, 3.05) is 10.6 Å². The molecule has 0 bridgehead atoms. The number of halogens is 1. The van der Waals surface area contributed by atoms with Crippen LogP contribution in [-0.2, 0) is 19.4 Å². The number of hydrogen-bond acceptors (Lipinski definition) is 4. The highest BCUT2D eigenvalue weighted by Crippen LogP contribution is 2.39. The quantitative estimate of drug-likeness (QED) is 0.269. The summed E-state index contributed by atoms with van der Waals surface area (Å²) in [6.07, 6.45) is 3.90. The van der Waals surface area contributed by atoms with E-state index >= 15 is 0 Å². The first-order chi connectivity index (χ1) is 17.6. The molecule has 0 aliphatic heterocycles.